The SMILES string of the molecule is NNc1ncnc2c(Nc3cccc(Cl)c3)ncnc12. The Morgan fingerprint density at radius 1 is 0.950 bits per heavy atom. The molecule has 0 saturated heterocycles. The molecular weight excluding hydrogens is 278 g/mol. The zero-order valence-electron chi connectivity index (χ0n) is 10.2. The molecule has 0 fully saturated rings. The molecule has 0 saturated carbocycles. The molecule has 0 spiro atoms. The zero-order chi connectivity index (χ0) is 13.9. The molecule has 2 aromatic heterocycles. The molecule has 7 nitrogen and oxygen atoms in total. The Kier molecular flexibility index (Phi) is 3.28. The van der Waals surface area contributed by atoms with Crippen LogP contribution in [0.1, 0.15) is 0 Å². The molecule has 0 aliphatic heterocycles. The van der Waals surface area contributed by atoms with Crippen molar-refractivity contribution in [2.24, 2.45) is 5.84 Å². The van der Waals surface area contributed by atoms with Gasteiger partial charge in [-0.3, -0.25) is 0 Å². The Bertz CT molecular complexity index is 762. The molecule has 0 bridgehead atoms. The average molecular weight is 288 g/mol. The summed E-state index contributed by atoms with van der Waals surface area (Å²) < 4.78 is 0. The van der Waals surface area contributed by atoms with Crippen LogP contribution in [0.2, 0.25) is 5.02 Å². The van der Waals surface area contributed by atoms with Crippen LogP contribution in [0.4, 0.5) is 17.3 Å². The minimum atomic E-state index is 0.437. The van der Waals surface area contributed by atoms with Crippen molar-refractivity contribution >= 4 is 40.0 Å². The van der Waals surface area contributed by atoms with Crippen LogP contribution in [0.3, 0.4) is 0 Å². The van der Waals surface area contributed by atoms with E-state index in [4.69, 9.17) is 17.4 Å². The molecule has 3 aromatic rings. The van der Waals surface area contributed by atoms with Crippen molar-refractivity contribution in [3.05, 3.63) is 41.9 Å². The van der Waals surface area contributed by atoms with Crippen LogP contribution in [0.15, 0.2) is 36.9 Å². The second kappa shape index (κ2) is 5.24. The van der Waals surface area contributed by atoms with Gasteiger partial charge < -0.3 is 10.7 Å². The quantitative estimate of drug-likeness (QED) is 0.501. The van der Waals surface area contributed by atoms with E-state index in [0.717, 1.165) is 5.69 Å². The Hall–Kier alpha value is -2.51. The molecule has 0 aliphatic carbocycles. The van der Waals surface area contributed by atoms with E-state index in [2.05, 4.69) is 30.7 Å². The standard InChI is InChI=1S/C12H10ClN7/c13-7-2-1-3-8(4-7)19-11-9-10(16-5-17-11)12(20-14)18-6-15-9/h1-6H,14H2,(H,15,18,20)(H,16,17,19). The van der Waals surface area contributed by atoms with Gasteiger partial charge in [0.25, 0.3) is 0 Å². The van der Waals surface area contributed by atoms with Gasteiger partial charge in [-0.1, -0.05) is 17.7 Å². The maximum absolute atomic E-state index is 5.95. The number of halogens is 1. The first-order chi connectivity index (χ1) is 9.78. The minimum absolute atomic E-state index is 0.437. The number of hydrogen-bond donors (Lipinski definition) is 3. The highest BCUT2D eigenvalue weighted by Crippen LogP contribution is 2.25. The van der Waals surface area contributed by atoms with Crippen molar-refractivity contribution in [2.75, 3.05) is 10.7 Å². The lowest BCUT2D eigenvalue weighted by atomic mass is 10.3. The number of nitrogens with zero attached hydrogens (tertiary/aromatic N) is 4. The first-order valence-electron chi connectivity index (χ1n) is 5.73. The molecule has 0 radical (unpaired) electrons. The third-order valence-corrected chi connectivity index (χ3v) is 2.88. The Morgan fingerprint density at radius 2 is 1.65 bits per heavy atom. The maximum atomic E-state index is 5.95. The summed E-state index contributed by atoms with van der Waals surface area (Å²) in [7, 11) is 0. The maximum Gasteiger partial charge on any atom is 0.170 e. The lowest BCUT2D eigenvalue weighted by Crippen LogP contribution is -2.10. The van der Waals surface area contributed by atoms with Crippen LogP contribution in [0.25, 0.3) is 11.0 Å². The van der Waals surface area contributed by atoms with Gasteiger partial charge in [-0.25, -0.2) is 25.8 Å². The Labute approximate surface area is 119 Å². The monoisotopic (exact) mass is 287 g/mol. The molecule has 4 N–H and O–H groups in total. The molecule has 100 valence electrons. The molecule has 0 amide bonds. The van der Waals surface area contributed by atoms with E-state index < -0.39 is 0 Å². The molecule has 0 aliphatic rings. The molecule has 0 atom stereocenters. The fourth-order valence-corrected chi connectivity index (χ4v) is 1.97. The van der Waals surface area contributed by atoms with Crippen LogP contribution in [0, 0.1) is 0 Å². The summed E-state index contributed by atoms with van der Waals surface area (Å²) in [4.78, 5) is 16.5. The third kappa shape index (κ3) is 2.31. The number of rotatable bonds is 3. The third-order valence-electron chi connectivity index (χ3n) is 2.64. The van der Waals surface area contributed by atoms with E-state index in [1.54, 1.807) is 12.1 Å². The normalized spacial score (nSPS) is 10.5. The number of hydrazine groups is 1. The Balaban J connectivity index is 2.08. The molecule has 20 heavy (non-hydrogen) atoms. The second-order valence-electron chi connectivity index (χ2n) is 3.92. The number of fused-ring (bicyclic) bond motifs is 1. The number of benzene rings is 1. The first kappa shape index (κ1) is 12.5. The van der Waals surface area contributed by atoms with E-state index in [1.165, 1.54) is 12.7 Å². The minimum Gasteiger partial charge on any atom is -0.338 e. The summed E-state index contributed by atoms with van der Waals surface area (Å²) in [5.74, 6) is 6.39. The molecule has 0 unspecified atom stereocenters. The van der Waals surface area contributed by atoms with Crippen molar-refractivity contribution in [2.45, 2.75) is 0 Å². The number of anilines is 3. The molecule has 2 heterocycles. The topological polar surface area (TPSA) is 102 Å². The number of aromatic nitrogens is 4. The van der Waals surface area contributed by atoms with Crippen LogP contribution in [-0.2, 0) is 0 Å². The smallest absolute Gasteiger partial charge is 0.170 e. The van der Waals surface area contributed by atoms with Crippen molar-refractivity contribution in [1.29, 1.82) is 0 Å². The van der Waals surface area contributed by atoms with Gasteiger partial charge >= 0.3 is 0 Å². The summed E-state index contributed by atoms with van der Waals surface area (Å²) in [5.41, 5.74) is 4.39. The zero-order valence-corrected chi connectivity index (χ0v) is 11.0. The van der Waals surface area contributed by atoms with Crippen molar-refractivity contribution in [3.63, 3.8) is 0 Å². The molecular formula is C12H10ClN7. The van der Waals surface area contributed by atoms with Gasteiger partial charge in [0, 0.05) is 10.7 Å². The number of hydrogen-bond acceptors (Lipinski definition) is 7. The highest BCUT2D eigenvalue weighted by molar-refractivity contribution is 6.30. The Morgan fingerprint density at radius 3 is 2.35 bits per heavy atom. The summed E-state index contributed by atoms with van der Waals surface area (Å²) in [6, 6.07) is 7.31. The van der Waals surface area contributed by atoms with Gasteiger partial charge in [0.15, 0.2) is 11.6 Å². The van der Waals surface area contributed by atoms with Gasteiger partial charge in [-0.2, -0.15) is 0 Å². The van der Waals surface area contributed by atoms with Gasteiger partial charge in [-0.05, 0) is 18.2 Å². The van der Waals surface area contributed by atoms with Crippen molar-refractivity contribution in [3.8, 4) is 0 Å². The van der Waals surface area contributed by atoms with E-state index in [-0.39, 0.29) is 0 Å². The van der Waals surface area contributed by atoms with Gasteiger partial charge in [0.1, 0.15) is 23.7 Å². The molecule has 3 rings (SSSR count). The highest BCUT2D eigenvalue weighted by atomic mass is 35.5. The average Bonchev–Trinajstić information content (AvgIpc) is 2.47. The molecule has 1 aromatic carbocycles. The first-order valence-corrected chi connectivity index (χ1v) is 6.10. The number of nitrogens with one attached hydrogen (secondary N) is 2. The van der Waals surface area contributed by atoms with E-state index in [0.29, 0.717) is 27.7 Å². The summed E-state index contributed by atoms with van der Waals surface area (Å²) >= 11 is 5.95. The van der Waals surface area contributed by atoms with E-state index in [9.17, 15) is 0 Å². The number of nitrogen functional groups attached to an aromatic ring is 1. The largest absolute Gasteiger partial charge is 0.338 e. The van der Waals surface area contributed by atoms with Gasteiger partial charge in [-0.15, -0.1) is 0 Å². The predicted octanol–water partition coefficient (Wildman–Crippen LogP) is 2.10. The number of nitrogens with two attached hydrogens (primary N) is 1. The fourth-order valence-electron chi connectivity index (χ4n) is 1.78. The van der Waals surface area contributed by atoms with E-state index in [1.807, 2.05) is 12.1 Å². The fraction of sp³-hybridized carbons (Fsp3) is 0. The van der Waals surface area contributed by atoms with Crippen LogP contribution in [-0.4, -0.2) is 19.9 Å². The van der Waals surface area contributed by atoms with Crippen LogP contribution >= 0.6 is 11.6 Å². The predicted molar refractivity (Wildman–Crippen MR) is 77.7 cm³/mol. The lowest BCUT2D eigenvalue weighted by molar-refractivity contribution is 1.13. The summed E-state index contributed by atoms with van der Waals surface area (Å²) in [6.45, 7) is 0. The van der Waals surface area contributed by atoms with Gasteiger partial charge in [0.2, 0.25) is 0 Å². The summed E-state index contributed by atoms with van der Waals surface area (Å²) in [6.07, 6.45) is 2.81. The van der Waals surface area contributed by atoms with Gasteiger partial charge in [0.05, 0.1) is 0 Å². The van der Waals surface area contributed by atoms with E-state index >= 15 is 0 Å². The second-order valence-corrected chi connectivity index (χ2v) is 4.36. The van der Waals surface area contributed by atoms with Crippen LogP contribution < -0.4 is 16.6 Å². The summed E-state index contributed by atoms with van der Waals surface area (Å²) in [5, 5.41) is 3.78. The highest BCUT2D eigenvalue weighted by Gasteiger charge is 2.09. The lowest BCUT2D eigenvalue weighted by Gasteiger charge is -2.09. The molecule has 8 heteroatoms. The van der Waals surface area contributed by atoms with Crippen LogP contribution in [0.5, 0.6) is 0 Å². The van der Waals surface area contributed by atoms with Crippen molar-refractivity contribution in [1.82, 2.24) is 19.9 Å². The van der Waals surface area contributed by atoms with Crippen molar-refractivity contribution < 1.29 is 0 Å².